The van der Waals surface area contributed by atoms with Crippen LogP contribution in [0.4, 0.5) is 0 Å². The van der Waals surface area contributed by atoms with Crippen molar-refractivity contribution in [2.75, 3.05) is 34.3 Å². The molecule has 0 aliphatic carbocycles. The van der Waals surface area contributed by atoms with Crippen molar-refractivity contribution in [2.45, 2.75) is 19.9 Å². The zero-order valence-corrected chi connectivity index (χ0v) is 17.4. The van der Waals surface area contributed by atoms with E-state index in [1.165, 1.54) is 11.2 Å². The van der Waals surface area contributed by atoms with Crippen LogP contribution in [-0.2, 0) is 9.59 Å². The Morgan fingerprint density at radius 3 is 2.55 bits per heavy atom. The van der Waals surface area contributed by atoms with E-state index < -0.39 is 17.7 Å². The van der Waals surface area contributed by atoms with Crippen LogP contribution in [0.15, 0.2) is 40.5 Å². The zero-order chi connectivity index (χ0) is 21.3. The van der Waals surface area contributed by atoms with E-state index in [1.54, 1.807) is 31.4 Å². The summed E-state index contributed by atoms with van der Waals surface area (Å²) in [6.07, 6.45) is 1.49. The molecule has 1 aliphatic heterocycles. The van der Waals surface area contributed by atoms with Gasteiger partial charge in [0, 0.05) is 18.7 Å². The van der Waals surface area contributed by atoms with Gasteiger partial charge in [-0.2, -0.15) is 0 Å². The summed E-state index contributed by atoms with van der Waals surface area (Å²) in [6, 6.07) is 6.19. The molecule has 1 atom stereocenters. The van der Waals surface area contributed by atoms with Gasteiger partial charge in [-0.1, -0.05) is 0 Å². The summed E-state index contributed by atoms with van der Waals surface area (Å²) in [5.74, 6) is -0.436. The van der Waals surface area contributed by atoms with Crippen LogP contribution in [0.25, 0.3) is 5.76 Å². The Hall–Kier alpha value is -3.06. The highest BCUT2D eigenvalue weighted by molar-refractivity contribution is 6.46. The van der Waals surface area contributed by atoms with Crippen LogP contribution < -0.4 is 4.74 Å². The van der Waals surface area contributed by atoms with E-state index in [9.17, 15) is 14.7 Å². The number of aryl methyl sites for hydroxylation is 2. The first-order valence-electron chi connectivity index (χ1n) is 9.38. The van der Waals surface area contributed by atoms with Crippen LogP contribution in [0, 0.1) is 13.8 Å². The predicted octanol–water partition coefficient (Wildman–Crippen LogP) is 2.89. The van der Waals surface area contributed by atoms with Gasteiger partial charge in [0.2, 0.25) is 0 Å². The number of ether oxygens (including phenoxy) is 1. The van der Waals surface area contributed by atoms with Crippen molar-refractivity contribution in [3.05, 3.63) is 58.6 Å². The minimum atomic E-state index is -0.772. The molecule has 2 aromatic rings. The summed E-state index contributed by atoms with van der Waals surface area (Å²) in [7, 11) is 5.36. The van der Waals surface area contributed by atoms with Crippen molar-refractivity contribution in [1.29, 1.82) is 0 Å². The number of amides is 1. The number of aliphatic hydroxyl groups is 1. The van der Waals surface area contributed by atoms with Crippen molar-refractivity contribution < 1.29 is 23.8 Å². The summed E-state index contributed by atoms with van der Waals surface area (Å²) in [5, 5.41) is 11.1. The molecule has 1 amide bonds. The number of aliphatic hydroxyl groups excluding tert-OH is 1. The molecule has 2 heterocycles. The van der Waals surface area contributed by atoms with Crippen LogP contribution in [0.2, 0.25) is 0 Å². The van der Waals surface area contributed by atoms with Gasteiger partial charge < -0.3 is 24.1 Å². The highest BCUT2D eigenvalue weighted by Gasteiger charge is 2.47. The monoisotopic (exact) mass is 398 g/mol. The molecular weight excluding hydrogens is 372 g/mol. The van der Waals surface area contributed by atoms with Gasteiger partial charge in [0.15, 0.2) is 0 Å². The number of carbonyl (C=O) groups excluding carboxylic acids is 2. The zero-order valence-electron chi connectivity index (χ0n) is 17.4. The Morgan fingerprint density at radius 2 is 1.97 bits per heavy atom. The third-order valence-electron chi connectivity index (χ3n) is 5.14. The molecule has 1 saturated heterocycles. The van der Waals surface area contributed by atoms with E-state index in [0.29, 0.717) is 30.2 Å². The molecular formula is C22H26N2O5. The molecule has 3 rings (SSSR count). The number of Topliss-reactive ketones (excluding diaryl/α,β-unsaturated/α-hetero) is 1. The van der Waals surface area contributed by atoms with E-state index in [0.717, 1.165) is 11.1 Å². The SMILES string of the molecule is COc1cc(C)c(/C(O)=C2/C(=O)C(=O)N(CCN(C)C)C2c2ccco2)cc1C. The molecule has 1 aromatic heterocycles. The summed E-state index contributed by atoms with van der Waals surface area (Å²) < 4.78 is 10.9. The average molecular weight is 398 g/mol. The number of likely N-dealkylation sites (N-methyl/N-ethyl adjacent to an activating group) is 1. The third kappa shape index (κ3) is 3.78. The van der Waals surface area contributed by atoms with Crippen molar-refractivity contribution in [3.8, 4) is 5.75 Å². The Bertz CT molecular complexity index is 960. The fourth-order valence-electron chi connectivity index (χ4n) is 3.57. The Kier molecular flexibility index (Phi) is 5.79. The minimum Gasteiger partial charge on any atom is -0.507 e. The number of rotatable bonds is 6. The lowest BCUT2D eigenvalue weighted by Gasteiger charge is -2.24. The summed E-state index contributed by atoms with van der Waals surface area (Å²) >= 11 is 0. The lowest BCUT2D eigenvalue weighted by molar-refractivity contribution is -0.140. The van der Waals surface area contributed by atoms with E-state index in [2.05, 4.69) is 0 Å². The number of hydrogen-bond donors (Lipinski definition) is 1. The van der Waals surface area contributed by atoms with Gasteiger partial charge in [-0.25, -0.2) is 0 Å². The summed E-state index contributed by atoms with van der Waals surface area (Å²) in [6.45, 7) is 4.58. The minimum absolute atomic E-state index is 0.0383. The van der Waals surface area contributed by atoms with Crippen molar-refractivity contribution in [2.24, 2.45) is 0 Å². The fourth-order valence-corrected chi connectivity index (χ4v) is 3.57. The molecule has 7 nitrogen and oxygen atoms in total. The fraction of sp³-hybridized carbons (Fsp3) is 0.364. The molecule has 1 fully saturated rings. The van der Waals surface area contributed by atoms with Crippen LogP contribution in [0.3, 0.4) is 0 Å². The van der Waals surface area contributed by atoms with Gasteiger partial charge in [0.1, 0.15) is 23.3 Å². The number of carbonyl (C=O) groups is 2. The average Bonchev–Trinajstić information content (AvgIpc) is 3.28. The number of likely N-dealkylation sites (tertiary alicyclic amines) is 1. The second kappa shape index (κ2) is 8.13. The van der Waals surface area contributed by atoms with E-state index in [1.807, 2.05) is 32.8 Å². The standard InChI is InChI=1S/C22H26N2O5/c1-13-12-17(28-5)14(2)11-15(13)20(25)18-19(16-7-6-10-29-16)24(9-8-23(3)4)22(27)21(18)26/h6-7,10-12,19,25H,8-9H2,1-5H3/b20-18-. The summed E-state index contributed by atoms with van der Waals surface area (Å²) in [4.78, 5) is 29.1. The number of benzene rings is 1. The normalized spacial score (nSPS) is 18.7. The number of nitrogens with zero attached hydrogens (tertiary/aromatic N) is 2. The maximum absolute atomic E-state index is 12.9. The third-order valence-corrected chi connectivity index (χ3v) is 5.14. The molecule has 1 aliphatic rings. The van der Waals surface area contributed by atoms with E-state index >= 15 is 0 Å². The highest BCUT2D eigenvalue weighted by atomic mass is 16.5. The highest BCUT2D eigenvalue weighted by Crippen LogP contribution is 2.40. The molecule has 1 N–H and O–H groups in total. The van der Waals surface area contributed by atoms with Gasteiger partial charge in [-0.05, 0) is 63.3 Å². The van der Waals surface area contributed by atoms with Crippen molar-refractivity contribution in [1.82, 2.24) is 9.80 Å². The van der Waals surface area contributed by atoms with Crippen LogP contribution >= 0.6 is 0 Å². The Labute approximate surface area is 170 Å². The molecule has 0 radical (unpaired) electrons. The first-order valence-corrected chi connectivity index (χ1v) is 9.38. The maximum atomic E-state index is 12.9. The Morgan fingerprint density at radius 1 is 1.24 bits per heavy atom. The largest absolute Gasteiger partial charge is 0.507 e. The molecule has 0 spiro atoms. The van der Waals surface area contributed by atoms with Crippen LogP contribution in [0.5, 0.6) is 5.75 Å². The first kappa shape index (κ1) is 20.7. The molecule has 1 aromatic carbocycles. The second-order valence-electron chi connectivity index (χ2n) is 7.45. The lowest BCUT2D eigenvalue weighted by atomic mass is 9.95. The van der Waals surface area contributed by atoms with Crippen molar-refractivity contribution >= 4 is 17.4 Å². The molecule has 0 saturated carbocycles. The second-order valence-corrected chi connectivity index (χ2v) is 7.45. The first-order chi connectivity index (χ1) is 13.8. The number of hydrogen-bond acceptors (Lipinski definition) is 6. The molecule has 0 bridgehead atoms. The molecule has 29 heavy (non-hydrogen) atoms. The lowest BCUT2D eigenvalue weighted by Crippen LogP contribution is -2.35. The predicted molar refractivity (Wildman–Crippen MR) is 109 cm³/mol. The van der Waals surface area contributed by atoms with Crippen LogP contribution in [0.1, 0.15) is 28.5 Å². The maximum Gasteiger partial charge on any atom is 0.295 e. The van der Waals surface area contributed by atoms with Gasteiger partial charge in [0.25, 0.3) is 11.7 Å². The topological polar surface area (TPSA) is 83.2 Å². The van der Waals surface area contributed by atoms with Gasteiger partial charge in [-0.3, -0.25) is 9.59 Å². The quantitative estimate of drug-likeness (QED) is 0.458. The summed E-state index contributed by atoms with van der Waals surface area (Å²) in [5.41, 5.74) is 2.08. The van der Waals surface area contributed by atoms with Gasteiger partial charge in [0.05, 0.1) is 18.9 Å². The smallest absolute Gasteiger partial charge is 0.295 e. The van der Waals surface area contributed by atoms with E-state index in [4.69, 9.17) is 9.15 Å². The van der Waals surface area contributed by atoms with Crippen molar-refractivity contribution in [3.63, 3.8) is 0 Å². The molecule has 154 valence electrons. The van der Waals surface area contributed by atoms with Crippen LogP contribution in [-0.4, -0.2) is 60.9 Å². The molecule has 1 unspecified atom stereocenters. The van der Waals surface area contributed by atoms with Gasteiger partial charge >= 0.3 is 0 Å². The Balaban J connectivity index is 2.16. The van der Waals surface area contributed by atoms with Gasteiger partial charge in [-0.15, -0.1) is 0 Å². The molecule has 7 heteroatoms. The number of furan rings is 1. The number of ketones is 1. The van der Waals surface area contributed by atoms with E-state index in [-0.39, 0.29) is 11.3 Å². The number of methoxy groups -OCH3 is 1.